The highest BCUT2D eigenvalue weighted by Gasteiger charge is 2.42. The molecule has 0 aliphatic carbocycles. The van der Waals surface area contributed by atoms with Gasteiger partial charge in [0.15, 0.2) is 10.8 Å². The number of benzene rings is 1. The minimum absolute atomic E-state index is 0.0459. The van der Waals surface area contributed by atoms with Crippen molar-refractivity contribution in [1.82, 2.24) is 20.4 Å². The maximum Gasteiger partial charge on any atom is 0.338 e. The summed E-state index contributed by atoms with van der Waals surface area (Å²) in [4.78, 5) is 24.7. The lowest BCUT2D eigenvalue weighted by Crippen LogP contribution is -2.53. The molecule has 36 heavy (non-hydrogen) atoms. The number of hydrogen-bond donors (Lipinski definition) is 1. The number of aliphatic imine (C=N–C) groups is 1. The van der Waals surface area contributed by atoms with Gasteiger partial charge in [-0.2, -0.15) is 0 Å². The molecule has 1 saturated heterocycles. The Morgan fingerprint density at radius 3 is 3.03 bits per heavy atom. The summed E-state index contributed by atoms with van der Waals surface area (Å²) < 4.78 is 30.2. The normalized spacial score (nSPS) is 23.6. The predicted molar refractivity (Wildman–Crippen MR) is 129 cm³/mol. The third-order valence-electron chi connectivity index (χ3n) is 6.68. The maximum atomic E-state index is 13.9. The summed E-state index contributed by atoms with van der Waals surface area (Å²) in [6.07, 6.45) is 4.01. The number of ether oxygens (including phenoxy) is 2. The molecule has 3 atom stereocenters. The molecule has 6 rings (SSSR count). The molecule has 5 heterocycles. The number of rotatable bonds is 5. The van der Waals surface area contributed by atoms with Gasteiger partial charge in [0.25, 0.3) is 0 Å². The van der Waals surface area contributed by atoms with Crippen LogP contribution >= 0.6 is 22.9 Å². The summed E-state index contributed by atoms with van der Waals surface area (Å²) in [5.41, 5.74) is 3.33. The zero-order chi connectivity index (χ0) is 24.8. The fourth-order valence-corrected chi connectivity index (χ4v) is 5.87. The summed E-state index contributed by atoms with van der Waals surface area (Å²) in [5.74, 6) is -0.521. The largest absolute Gasteiger partial charge is 0.466 e. The number of carbonyl (C=O) groups excluding carboxylic acids is 1. The van der Waals surface area contributed by atoms with Crippen molar-refractivity contribution in [3.8, 4) is 0 Å². The fourth-order valence-electron chi connectivity index (χ4n) is 5.01. The molecule has 0 amide bonds. The summed E-state index contributed by atoms with van der Waals surface area (Å²) in [7, 11) is 1.32. The van der Waals surface area contributed by atoms with E-state index in [1.807, 2.05) is 5.38 Å². The summed E-state index contributed by atoms with van der Waals surface area (Å²) in [5, 5.41) is 10.2. The van der Waals surface area contributed by atoms with Crippen molar-refractivity contribution in [1.29, 1.82) is 0 Å². The smallest absolute Gasteiger partial charge is 0.338 e. The zero-order valence-electron chi connectivity index (χ0n) is 19.1. The van der Waals surface area contributed by atoms with Gasteiger partial charge in [0.05, 0.1) is 37.6 Å². The Morgan fingerprint density at radius 2 is 2.25 bits per heavy atom. The Hall–Kier alpha value is -3.12. The molecule has 1 N–H and O–H groups in total. The predicted octanol–water partition coefficient (Wildman–Crippen LogP) is 3.44. The van der Waals surface area contributed by atoms with Gasteiger partial charge in [-0.3, -0.25) is 9.89 Å². The van der Waals surface area contributed by atoms with Crippen molar-refractivity contribution in [2.24, 2.45) is 4.99 Å². The van der Waals surface area contributed by atoms with Gasteiger partial charge < -0.3 is 19.3 Å². The van der Waals surface area contributed by atoms with Crippen LogP contribution in [0.3, 0.4) is 0 Å². The van der Waals surface area contributed by atoms with E-state index >= 15 is 0 Å². The lowest BCUT2D eigenvalue weighted by molar-refractivity contribution is -0.136. The second kappa shape index (κ2) is 9.40. The number of hydrogen-bond acceptors (Lipinski definition) is 10. The van der Waals surface area contributed by atoms with E-state index in [1.165, 1.54) is 30.6 Å². The minimum Gasteiger partial charge on any atom is -0.466 e. The van der Waals surface area contributed by atoms with Gasteiger partial charge in [-0.05, 0) is 12.1 Å². The van der Waals surface area contributed by atoms with Crippen LogP contribution in [-0.4, -0.2) is 59.8 Å². The van der Waals surface area contributed by atoms with Crippen molar-refractivity contribution in [3.63, 3.8) is 0 Å². The van der Waals surface area contributed by atoms with Crippen LogP contribution in [0, 0.1) is 5.82 Å². The first-order valence-electron chi connectivity index (χ1n) is 11.3. The van der Waals surface area contributed by atoms with Gasteiger partial charge in [0.1, 0.15) is 18.1 Å². The van der Waals surface area contributed by atoms with Crippen LogP contribution in [-0.2, 0) is 20.7 Å². The van der Waals surface area contributed by atoms with Crippen molar-refractivity contribution in [3.05, 3.63) is 80.0 Å². The maximum absolute atomic E-state index is 13.9. The summed E-state index contributed by atoms with van der Waals surface area (Å²) in [6, 6.07) is 3.21. The van der Waals surface area contributed by atoms with E-state index < -0.39 is 17.8 Å². The number of nitrogens with zero attached hydrogens (tertiary/aromatic N) is 4. The van der Waals surface area contributed by atoms with E-state index in [0.717, 1.165) is 11.3 Å². The number of methoxy groups -OCH3 is 1. The molecule has 0 saturated carbocycles. The third-order valence-corrected chi connectivity index (χ3v) is 7.79. The fraction of sp³-hybridized carbons (Fsp3) is 0.333. The van der Waals surface area contributed by atoms with Gasteiger partial charge in [0.2, 0.25) is 0 Å². The van der Waals surface area contributed by atoms with E-state index in [4.69, 9.17) is 30.6 Å². The van der Waals surface area contributed by atoms with Crippen LogP contribution in [0.25, 0.3) is 0 Å². The van der Waals surface area contributed by atoms with Gasteiger partial charge >= 0.3 is 5.97 Å². The molecule has 9 nitrogen and oxygen atoms in total. The van der Waals surface area contributed by atoms with Crippen LogP contribution in [0.2, 0.25) is 5.02 Å². The molecule has 3 aliphatic rings. The number of aromatic nitrogens is 2. The van der Waals surface area contributed by atoms with E-state index in [-0.39, 0.29) is 17.1 Å². The Balaban J connectivity index is 1.46. The molecule has 0 spiro atoms. The SMILES string of the molecule is COC(=O)C1=C(CN2C3COCC2c2conc2C3)NC(c2nccs2)=NC1c1ccc(F)cc1Cl. The molecular weight excluding hydrogens is 509 g/mol. The second-order valence-electron chi connectivity index (χ2n) is 8.69. The topological polar surface area (TPSA) is 102 Å². The van der Waals surface area contributed by atoms with Gasteiger partial charge in [0, 0.05) is 52.4 Å². The van der Waals surface area contributed by atoms with Gasteiger partial charge in [-0.15, -0.1) is 11.3 Å². The van der Waals surface area contributed by atoms with Crippen LogP contribution < -0.4 is 5.32 Å². The van der Waals surface area contributed by atoms with Crippen LogP contribution in [0.15, 0.2) is 56.8 Å². The number of morpholine rings is 1. The minimum atomic E-state index is -0.812. The van der Waals surface area contributed by atoms with Crippen molar-refractivity contribution in [2.45, 2.75) is 24.5 Å². The lowest BCUT2D eigenvalue weighted by atomic mass is 9.90. The highest BCUT2D eigenvalue weighted by Crippen LogP contribution is 2.40. The van der Waals surface area contributed by atoms with Crippen molar-refractivity contribution < 1.29 is 23.2 Å². The molecular formula is C24H21ClFN5O4S. The number of amidine groups is 1. The molecule has 186 valence electrons. The zero-order valence-corrected chi connectivity index (χ0v) is 20.7. The van der Waals surface area contributed by atoms with Crippen molar-refractivity contribution in [2.75, 3.05) is 26.9 Å². The van der Waals surface area contributed by atoms with E-state index in [1.54, 1.807) is 18.5 Å². The Kier molecular flexibility index (Phi) is 6.08. The summed E-state index contributed by atoms with van der Waals surface area (Å²) >= 11 is 7.86. The highest BCUT2D eigenvalue weighted by molar-refractivity contribution is 7.11. The number of thiazole rings is 1. The first kappa shape index (κ1) is 23.3. The molecule has 1 fully saturated rings. The summed E-state index contributed by atoms with van der Waals surface area (Å²) in [6.45, 7) is 1.39. The standard InChI is InChI=1S/C24H21ClFN5O4S/c1-33-24(32)20-18(8-31-13-7-17-15(10-35-30-17)19(31)11-34-9-13)28-22(23-27-4-5-36-23)29-21(20)14-3-2-12(26)6-16(14)25/h2-6,10,13,19,21H,7-9,11H2,1H3,(H,28,29). The molecule has 3 aliphatic heterocycles. The van der Waals surface area contributed by atoms with Crippen LogP contribution in [0.4, 0.5) is 4.39 Å². The number of carbonyl (C=O) groups is 1. The highest BCUT2D eigenvalue weighted by atomic mass is 35.5. The average Bonchev–Trinajstić information content (AvgIpc) is 3.56. The average molecular weight is 530 g/mol. The molecule has 12 heteroatoms. The number of halogens is 2. The Bertz CT molecular complexity index is 1370. The van der Waals surface area contributed by atoms with E-state index in [2.05, 4.69) is 20.4 Å². The third kappa shape index (κ3) is 4.01. The number of fused-ring (bicyclic) bond motifs is 4. The van der Waals surface area contributed by atoms with Crippen LogP contribution in [0.1, 0.15) is 33.9 Å². The molecule has 3 unspecified atom stereocenters. The van der Waals surface area contributed by atoms with E-state index in [0.29, 0.717) is 53.9 Å². The van der Waals surface area contributed by atoms with Crippen LogP contribution in [0.5, 0.6) is 0 Å². The van der Waals surface area contributed by atoms with Gasteiger partial charge in [-0.1, -0.05) is 22.8 Å². The Labute approximate surface area is 214 Å². The molecule has 3 aromatic rings. The first-order valence-corrected chi connectivity index (χ1v) is 12.6. The molecule has 1 aromatic carbocycles. The van der Waals surface area contributed by atoms with E-state index in [9.17, 15) is 9.18 Å². The molecule has 0 radical (unpaired) electrons. The molecule has 2 aromatic heterocycles. The lowest BCUT2D eigenvalue weighted by Gasteiger charge is -2.45. The second-order valence-corrected chi connectivity index (χ2v) is 9.99. The molecule has 2 bridgehead atoms. The Morgan fingerprint density at radius 1 is 1.36 bits per heavy atom. The first-order chi connectivity index (χ1) is 17.5. The monoisotopic (exact) mass is 529 g/mol. The number of nitrogens with one attached hydrogen (secondary N) is 1. The quantitative estimate of drug-likeness (QED) is 0.502. The van der Waals surface area contributed by atoms with Gasteiger partial charge in [-0.25, -0.2) is 14.2 Å². The van der Waals surface area contributed by atoms with Crippen molar-refractivity contribution >= 4 is 34.7 Å². The number of esters is 1.